The van der Waals surface area contributed by atoms with E-state index in [1.807, 2.05) is 4.90 Å². The number of benzene rings is 1. The maximum Gasteiger partial charge on any atom is 0.248 e. The number of sulfonamides is 1. The lowest BCUT2D eigenvalue weighted by atomic mass is 9.78. The van der Waals surface area contributed by atoms with Crippen molar-refractivity contribution in [3.05, 3.63) is 29.8 Å². The molecule has 3 aliphatic rings. The number of piperidine rings is 1. The van der Waals surface area contributed by atoms with E-state index in [9.17, 15) is 22.0 Å². The molecule has 1 aromatic carbocycles. The Bertz CT molecular complexity index is 889. The lowest BCUT2D eigenvalue weighted by molar-refractivity contribution is -0.138. The number of likely N-dealkylation sites (tertiary alicyclic amines) is 1. The van der Waals surface area contributed by atoms with E-state index in [0.717, 1.165) is 41.9 Å². The number of nitrogens with zero attached hydrogens (tertiary/aromatic N) is 3. The van der Waals surface area contributed by atoms with Crippen molar-refractivity contribution < 1.29 is 22.0 Å². The third kappa shape index (κ3) is 4.78. The van der Waals surface area contributed by atoms with Gasteiger partial charge >= 0.3 is 0 Å². The molecule has 2 unspecified atom stereocenters. The Morgan fingerprint density at radius 3 is 2.39 bits per heavy atom. The molecule has 1 aliphatic carbocycles. The van der Waals surface area contributed by atoms with Crippen molar-refractivity contribution in [2.75, 3.05) is 39.3 Å². The van der Waals surface area contributed by atoms with Gasteiger partial charge in [-0.1, -0.05) is 18.9 Å². The van der Waals surface area contributed by atoms with Crippen LogP contribution >= 0.6 is 0 Å². The topological polar surface area (TPSA) is 60.9 Å². The molecule has 0 spiro atoms. The van der Waals surface area contributed by atoms with Crippen molar-refractivity contribution in [3.63, 3.8) is 0 Å². The molecule has 1 aromatic rings. The largest absolute Gasteiger partial charge is 0.338 e. The zero-order chi connectivity index (χ0) is 22.0. The summed E-state index contributed by atoms with van der Waals surface area (Å²) in [6.45, 7) is 2.30. The highest BCUT2D eigenvalue weighted by Crippen LogP contribution is 2.35. The molecule has 0 bridgehead atoms. The van der Waals surface area contributed by atoms with E-state index in [4.69, 9.17) is 0 Å². The lowest BCUT2D eigenvalue weighted by Crippen LogP contribution is -2.52. The molecule has 3 fully saturated rings. The molecule has 0 N–H and O–H groups in total. The lowest BCUT2D eigenvalue weighted by Gasteiger charge is -2.44. The molecule has 31 heavy (non-hydrogen) atoms. The van der Waals surface area contributed by atoms with Crippen LogP contribution in [0.15, 0.2) is 23.1 Å². The maximum atomic E-state index is 14.1. The Kier molecular flexibility index (Phi) is 6.93. The highest BCUT2D eigenvalue weighted by Gasteiger charge is 2.37. The summed E-state index contributed by atoms with van der Waals surface area (Å²) in [5, 5.41) is 0. The predicted molar refractivity (Wildman–Crippen MR) is 113 cm³/mol. The van der Waals surface area contributed by atoms with Crippen LogP contribution in [0.2, 0.25) is 0 Å². The van der Waals surface area contributed by atoms with Gasteiger partial charge in [-0.05, 0) is 56.7 Å². The molecule has 1 amide bonds. The van der Waals surface area contributed by atoms with Gasteiger partial charge in [-0.15, -0.1) is 0 Å². The number of hydrogen-bond donors (Lipinski definition) is 0. The standard InChI is InChI=1S/C22H31F2N3O3S/c23-18-8-3-9-19(24)22(18)31(29,30)26-12-5-11-25(14-15-26)16-21(28)27-13-4-7-17-6-1-2-10-20(17)27/h3,8-9,17,20H,1-2,4-7,10-16H2. The Morgan fingerprint density at radius 2 is 1.61 bits per heavy atom. The first-order chi connectivity index (χ1) is 14.9. The minimum Gasteiger partial charge on any atom is -0.338 e. The summed E-state index contributed by atoms with van der Waals surface area (Å²) in [5.74, 6) is -1.42. The number of amides is 1. The van der Waals surface area contributed by atoms with E-state index in [1.54, 1.807) is 0 Å². The second kappa shape index (κ2) is 9.50. The maximum absolute atomic E-state index is 14.1. The van der Waals surface area contributed by atoms with Crippen molar-refractivity contribution in [1.29, 1.82) is 0 Å². The molecule has 4 rings (SSSR count). The van der Waals surface area contributed by atoms with Gasteiger partial charge in [0, 0.05) is 32.2 Å². The van der Waals surface area contributed by atoms with Gasteiger partial charge in [-0.25, -0.2) is 17.2 Å². The fourth-order valence-electron chi connectivity index (χ4n) is 5.42. The van der Waals surface area contributed by atoms with Crippen LogP contribution in [0.5, 0.6) is 0 Å². The molecule has 6 nitrogen and oxygen atoms in total. The fourth-order valence-corrected chi connectivity index (χ4v) is 7.00. The minimum absolute atomic E-state index is 0.107. The van der Waals surface area contributed by atoms with Crippen LogP contribution in [0.3, 0.4) is 0 Å². The van der Waals surface area contributed by atoms with Crippen LogP contribution in [0.1, 0.15) is 44.9 Å². The van der Waals surface area contributed by atoms with Gasteiger partial charge in [0.15, 0.2) is 4.90 Å². The Hall–Kier alpha value is -1.58. The van der Waals surface area contributed by atoms with Crippen LogP contribution in [-0.2, 0) is 14.8 Å². The second-order valence-electron chi connectivity index (χ2n) is 8.93. The SMILES string of the molecule is O=C(CN1CCCN(S(=O)(=O)c2c(F)cccc2F)CC1)N1CCCC2CCCCC21. The number of hydrogen-bond acceptors (Lipinski definition) is 4. The van der Waals surface area contributed by atoms with E-state index in [-0.39, 0.29) is 25.5 Å². The smallest absolute Gasteiger partial charge is 0.248 e. The monoisotopic (exact) mass is 455 g/mol. The highest BCUT2D eigenvalue weighted by atomic mass is 32.2. The van der Waals surface area contributed by atoms with E-state index in [0.29, 0.717) is 31.5 Å². The van der Waals surface area contributed by atoms with Gasteiger partial charge in [-0.2, -0.15) is 4.31 Å². The third-order valence-electron chi connectivity index (χ3n) is 6.99. The Labute approximate surface area is 183 Å². The number of halogens is 2. The molecule has 0 radical (unpaired) electrons. The van der Waals surface area contributed by atoms with Crippen LogP contribution in [-0.4, -0.2) is 73.7 Å². The molecule has 2 atom stereocenters. The highest BCUT2D eigenvalue weighted by molar-refractivity contribution is 7.89. The van der Waals surface area contributed by atoms with Crippen LogP contribution in [0.25, 0.3) is 0 Å². The zero-order valence-electron chi connectivity index (χ0n) is 17.8. The quantitative estimate of drug-likeness (QED) is 0.701. The first-order valence-electron chi connectivity index (χ1n) is 11.3. The summed E-state index contributed by atoms with van der Waals surface area (Å²) in [5.41, 5.74) is 0. The summed E-state index contributed by atoms with van der Waals surface area (Å²) in [4.78, 5) is 16.2. The van der Waals surface area contributed by atoms with E-state index < -0.39 is 26.6 Å². The fraction of sp³-hybridized carbons (Fsp3) is 0.682. The van der Waals surface area contributed by atoms with Gasteiger partial charge in [0.25, 0.3) is 0 Å². The number of carbonyl (C=O) groups excluding carboxylic acids is 1. The van der Waals surface area contributed by atoms with Crippen LogP contribution in [0, 0.1) is 17.6 Å². The van der Waals surface area contributed by atoms with Gasteiger partial charge in [-0.3, -0.25) is 9.69 Å². The molecular weight excluding hydrogens is 424 g/mol. The van der Waals surface area contributed by atoms with Crippen molar-refractivity contribution in [1.82, 2.24) is 14.1 Å². The third-order valence-corrected chi connectivity index (χ3v) is 8.94. The van der Waals surface area contributed by atoms with Crippen molar-refractivity contribution >= 4 is 15.9 Å². The Balaban J connectivity index is 1.39. The summed E-state index contributed by atoms with van der Waals surface area (Å²) in [6.07, 6.45) is 7.48. The summed E-state index contributed by atoms with van der Waals surface area (Å²) in [6, 6.07) is 3.41. The van der Waals surface area contributed by atoms with Crippen molar-refractivity contribution in [2.24, 2.45) is 5.92 Å². The predicted octanol–water partition coefficient (Wildman–Crippen LogP) is 2.84. The molecule has 0 aromatic heterocycles. The molecule has 2 aliphatic heterocycles. The normalized spacial score (nSPS) is 26.3. The first-order valence-corrected chi connectivity index (χ1v) is 12.8. The molecular formula is C22H31F2N3O3S. The summed E-state index contributed by atoms with van der Waals surface area (Å²) in [7, 11) is -4.27. The van der Waals surface area contributed by atoms with Crippen molar-refractivity contribution in [3.8, 4) is 0 Å². The number of fused-ring (bicyclic) bond motifs is 1. The van der Waals surface area contributed by atoms with E-state index >= 15 is 0 Å². The zero-order valence-corrected chi connectivity index (χ0v) is 18.6. The first kappa shape index (κ1) is 22.6. The number of rotatable bonds is 4. The van der Waals surface area contributed by atoms with E-state index in [2.05, 4.69) is 4.90 Å². The van der Waals surface area contributed by atoms with Crippen molar-refractivity contribution in [2.45, 2.75) is 55.9 Å². The molecule has 1 saturated carbocycles. The van der Waals surface area contributed by atoms with Crippen LogP contribution < -0.4 is 0 Å². The van der Waals surface area contributed by atoms with Gasteiger partial charge in [0.2, 0.25) is 15.9 Å². The Morgan fingerprint density at radius 1 is 0.903 bits per heavy atom. The molecule has 2 saturated heterocycles. The van der Waals surface area contributed by atoms with E-state index in [1.165, 1.54) is 25.7 Å². The average Bonchev–Trinajstić information content (AvgIpc) is 2.99. The van der Waals surface area contributed by atoms with Gasteiger partial charge in [0.05, 0.1) is 6.54 Å². The summed E-state index contributed by atoms with van der Waals surface area (Å²) < 4.78 is 55.0. The second-order valence-corrected chi connectivity index (χ2v) is 10.8. The van der Waals surface area contributed by atoms with Gasteiger partial charge in [0.1, 0.15) is 11.6 Å². The minimum atomic E-state index is -4.27. The van der Waals surface area contributed by atoms with Gasteiger partial charge < -0.3 is 4.90 Å². The molecule has 172 valence electrons. The summed E-state index contributed by atoms with van der Waals surface area (Å²) >= 11 is 0. The molecule has 9 heteroatoms. The molecule has 2 heterocycles. The number of carbonyl (C=O) groups is 1. The average molecular weight is 456 g/mol. The van der Waals surface area contributed by atoms with Crippen LogP contribution in [0.4, 0.5) is 8.78 Å².